The fourth-order valence-corrected chi connectivity index (χ4v) is 10.4. The quantitative estimate of drug-likeness (QED) is 0.439. The number of rotatable bonds is 4. The van der Waals surface area contributed by atoms with Crippen molar-refractivity contribution in [2.24, 2.45) is 34.0 Å². The smallest absolute Gasteiger partial charge is 0.222 e. The van der Waals surface area contributed by atoms with E-state index in [4.69, 9.17) is 0 Å². The molecule has 5 aliphatic rings. The largest absolute Gasteiger partial charge is 0.342 e. The highest BCUT2D eigenvalue weighted by Crippen LogP contribution is 2.72. The van der Waals surface area contributed by atoms with Crippen LogP contribution in [0, 0.1) is 34.0 Å². The molecule has 3 heteroatoms. The molecule has 6 rings (SSSR count). The van der Waals surface area contributed by atoms with Gasteiger partial charge in [0.1, 0.15) is 0 Å². The van der Waals surface area contributed by atoms with Crippen molar-refractivity contribution in [1.29, 1.82) is 0 Å². The Labute approximate surface area is 219 Å². The van der Waals surface area contributed by atoms with E-state index in [2.05, 4.69) is 75.0 Å². The van der Waals surface area contributed by atoms with Crippen molar-refractivity contribution in [3.63, 3.8) is 0 Å². The molecule has 196 valence electrons. The van der Waals surface area contributed by atoms with Crippen LogP contribution < -0.4 is 0 Å². The van der Waals surface area contributed by atoms with Crippen LogP contribution in [0.1, 0.15) is 84.1 Å². The molecule has 1 amide bonds. The molecule has 4 fully saturated rings. The van der Waals surface area contributed by atoms with Gasteiger partial charge in [-0.2, -0.15) is 0 Å². The van der Waals surface area contributed by atoms with Crippen LogP contribution in [0.3, 0.4) is 0 Å². The molecular formula is C33H48N2O. The summed E-state index contributed by atoms with van der Waals surface area (Å²) in [5.41, 5.74) is 4.35. The third-order valence-electron chi connectivity index (χ3n) is 12.9. The van der Waals surface area contributed by atoms with Crippen molar-refractivity contribution in [2.45, 2.75) is 97.1 Å². The molecule has 1 aromatic carbocycles. The minimum absolute atomic E-state index is 0.311. The van der Waals surface area contributed by atoms with E-state index in [0.717, 1.165) is 43.1 Å². The Kier molecular flexibility index (Phi) is 5.98. The number of carbonyl (C=O) groups excluding carboxylic acids is 1. The van der Waals surface area contributed by atoms with Gasteiger partial charge in [-0.25, -0.2) is 0 Å². The molecule has 1 heterocycles. The number of aryl methyl sites for hydroxylation is 1. The highest BCUT2D eigenvalue weighted by Gasteiger charge is 2.68. The first-order valence-corrected chi connectivity index (χ1v) is 14.9. The molecule has 0 aromatic heterocycles. The zero-order valence-electron chi connectivity index (χ0n) is 23.4. The summed E-state index contributed by atoms with van der Waals surface area (Å²) in [5, 5.41) is 0. The van der Waals surface area contributed by atoms with Gasteiger partial charge in [-0.05, 0) is 111 Å². The fourth-order valence-electron chi connectivity index (χ4n) is 10.4. The minimum atomic E-state index is 0.311. The van der Waals surface area contributed by atoms with Crippen molar-refractivity contribution in [2.75, 3.05) is 20.6 Å². The lowest BCUT2D eigenvalue weighted by atomic mass is 9.45. The number of benzene rings is 1. The van der Waals surface area contributed by atoms with Crippen LogP contribution in [-0.2, 0) is 11.2 Å². The Bertz CT molecular complexity index is 1030. The maximum atomic E-state index is 13.1. The van der Waals surface area contributed by atoms with E-state index in [-0.39, 0.29) is 0 Å². The van der Waals surface area contributed by atoms with Crippen LogP contribution in [-0.4, -0.2) is 48.4 Å². The number of allylic oxidation sites excluding steroid dienone is 1. The van der Waals surface area contributed by atoms with Gasteiger partial charge in [0.15, 0.2) is 0 Å². The summed E-state index contributed by atoms with van der Waals surface area (Å²) in [6.07, 6.45) is 14.7. The van der Waals surface area contributed by atoms with E-state index in [1.807, 2.05) is 6.07 Å². The fraction of sp³-hybridized carbons (Fsp3) is 0.727. The van der Waals surface area contributed by atoms with Gasteiger partial charge >= 0.3 is 0 Å². The van der Waals surface area contributed by atoms with Gasteiger partial charge in [0.2, 0.25) is 5.91 Å². The SMILES string of the molecule is C[C@@H]1N(C)C[C@]23CCC4[C@@H](CC=C5C[C@@H](N(C)C(=O)CCc6ccccc6)CC[C@@]54C)[C@@H]2CC[C@]13C. The van der Waals surface area contributed by atoms with Crippen LogP contribution in [0.2, 0.25) is 0 Å². The van der Waals surface area contributed by atoms with E-state index < -0.39 is 0 Å². The first kappa shape index (κ1) is 24.7. The molecule has 3 nitrogen and oxygen atoms in total. The van der Waals surface area contributed by atoms with Crippen molar-refractivity contribution < 1.29 is 4.79 Å². The van der Waals surface area contributed by atoms with Crippen LogP contribution in [0.5, 0.6) is 0 Å². The number of hydrogen-bond acceptors (Lipinski definition) is 2. The molecule has 1 aliphatic heterocycles. The molecule has 0 N–H and O–H groups in total. The molecule has 4 aliphatic carbocycles. The summed E-state index contributed by atoms with van der Waals surface area (Å²) in [6, 6.07) is 11.5. The van der Waals surface area contributed by atoms with Crippen LogP contribution in [0.15, 0.2) is 42.0 Å². The Morgan fingerprint density at radius 3 is 2.58 bits per heavy atom. The van der Waals surface area contributed by atoms with Gasteiger partial charge < -0.3 is 9.80 Å². The third kappa shape index (κ3) is 3.44. The van der Waals surface area contributed by atoms with Gasteiger partial charge in [-0.15, -0.1) is 0 Å². The Morgan fingerprint density at radius 2 is 1.81 bits per heavy atom. The lowest BCUT2D eigenvalue weighted by molar-refractivity contribution is -0.133. The average molecular weight is 489 g/mol. The van der Waals surface area contributed by atoms with E-state index >= 15 is 0 Å². The summed E-state index contributed by atoms with van der Waals surface area (Å²) in [6.45, 7) is 9.08. The zero-order valence-corrected chi connectivity index (χ0v) is 23.4. The van der Waals surface area contributed by atoms with E-state index in [1.165, 1.54) is 50.6 Å². The summed E-state index contributed by atoms with van der Waals surface area (Å²) in [7, 11) is 4.44. The van der Waals surface area contributed by atoms with Gasteiger partial charge in [0.25, 0.3) is 0 Å². The molecule has 1 saturated heterocycles. The molecule has 3 saturated carbocycles. The second-order valence-electron chi connectivity index (χ2n) is 13.9. The third-order valence-corrected chi connectivity index (χ3v) is 12.9. The maximum Gasteiger partial charge on any atom is 0.222 e. The number of fused-ring (bicyclic) bond motifs is 4. The molecule has 8 atom stereocenters. The van der Waals surface area contributed by atoms with Gasteiger partial charge in [0.05, 0.1) is 0 Å². The topological polar surface area (TPSA) is 23.6 Å². The average Bonchev–Trinajstić information content (AvgIpc) is 3.28. The Hall–Kier alpha value is -1.61. The lowest BCUT2D eigenvalue weighted by Crippen LogP contribution is -2.54. The number of nitrogens with zero attached hydrogens (tertiary/aromatic N) is 2. The first-order chi connectivity index (χ1) is 17.2. The van der Waals surface area contributed by atoms with Crippen molar-refractivity contribution in [3.05, 3.63) is 47.5 Å². The molecular weight excluding hydrogens is 440 g/mol. The molecule has 1 spiro atoms. The Balaban J connectivity index is 1.16. The predicted molar refractivity (Wildman–Crippen MR) is 148 cm³/mol. The molecule has 1 aromatic rings. The second-order valence-corrected chi connectivity index (χ2v) is 13.9. The van der Waals surface area contributed by atoms with E-state index in [1.54, 1.807) is 5.57 Å². The van der Waals surface area contributed by atoms with Crippen LogP contribution in [0.4, 0.5) is 0 Å². The first-order valence-electron chi connectivity index (χ1n) is 14.9. The predicted octanol–water partition coefficient (Wildman–Crippen LogP) is 6.73. The van der Waals surface area contributed by atoms with Gasteiger partial charge in [0, 0.05) is 32.1 Å². The highest BCUT2D eigenvalue weighted by atomic mass is 16.2. The Morgan fingerprint density at radius 1 is 1.06 bits per heavy atom. The molecule has 36 heavy (non-hydrogen) atoms. The van der Waals surface area contributed by atoms with E-state index in [9.17, 15) is 4.79 Å². The summed E-state index contributed by atoms with van der Waals surface area (Å²) in [4.78, 5) is 17.9. The van der Waals surface area contributed by atoms with Crippen LogP contribution >= 0.6 is 0 Å². The minimum Gasteiger partial charge on any atom is -0.342 e. The highest BCUT2D eigenvalue weighted by molar-refractivity contribution is 5.76. The lowest BCUT2D eigenvalue weighted by Gasteiger charge is -2.59. The van der Waals surface area contributed by atoms with Crippen molar-refractivity contribution in [3.8, 4) is 0 Å². The van der Waals surface area contributed by atoms with Gasteiger partial charge in [-0.3, -0.25) is 4.79 Å². The van der Waals surface area contributed by atoms with E-state index in [0.29, 0.717) is 34.6 Å². The monoisotopic (exact) mass is 488 g/mol. The molecule has 0 bridgehead atoms. The number of hydrogen-bond donors (Lipinski definition) is 0. The normalized spacial score (nSPS) is 43.7. The maximum absolute atomic E-state index is 13.1. The summed E-state index contributed by atoms with van der Waals surface area (Å²) >= 11 is 0. The number of likely N-dealkylation sites (tertiary alicyclic amines) is 1. The number of carbonyl (C=O) groups is 1. The molecule has 0 radical (unpaired) electrons. The summed E-state index contributed by atoms with van der Waals surface area (Å²) in [5.74, 6) is 2.93. The second kappa shape index (κ2) is 8.72. The molecule has 1 unspecified atom stereocenters. The summed E-state index contributed by atoms with van der Waals surface area (Å²) < 4.78 is 0. The number of amides is 1. The van der Waals surface area contributed by atoms with Crippen LogP contribution in [0.25, 0.3) is 0 Å². The standard InChI is InChI=1S/C33H48N2O/c1-23-32(3)19-16-29-27-13-12-25-21-26(35(5)30(36)14-11-24-9-7-6-8-10-24)15-18-31(25,2)28(27)17-20-33(29,32)22-34(23)4/h6-10,12,23,26-29H,11,13-22H2,1-5H3/t23-,26-,27+,28?,29-,31-,32+,33+/m0/s1. The zero-order chi connectivity index (χ0) is 25.3. The van der Waals surface area contributed by atoms with Crippen molar-refractivity contribution >= 4 is 5.91 Å². The van der Waals surface area contributed by atoms with Crippen molar-refractivity contribution in [1.82, 2.24) is 9.80 Å². The van der Waals surface area contributed by atoms with Gasteiger partial charge in [-0.1, -0.05) is 55.8 Å².